The number of morpholine rings is 1. The monoisotopic (exact) mass is 316 g/mol. The largest absolute Gasteiger partial charge is 0.397 e. The van der Waals surface area contributed by atoms with Crippen LogP contribution in [0.3, 0.4) is 0 Å². The Morgan fingerprint density at radius 3 is 2.45 bits per heavy atom. The van der Waals surface area contributed by atoms with Crippen molar-refractivity contribution < 1.29 is 13.2 Å². The van der Waals surface area contributed by atoms with E-state index in [-0.39, 0.29) is 17.1 Å². The van der Waals surface area contributed by atoms with Crippen molar-refractivity contribution in [1.82, 2.24) is 4.31 Å². The summed E-state index contributed by atoms with van der Waals surface area (Å²) in [7, 11) is -3.53. The van der Waals surface area contributed by atoms with Gasteiger partial charge < -0.3 is 10.5 Å². The Bertz CT molecular complexity index is 612. The molecule has 110 valence electrons. The first kappa shape index (κ1) is 14.1. The van der Waals surface area contributed by atoms with Gasteiger partial charge in [-0.3, -0.25) is 0 Å². The van der Waals surface area contributed by atoms with Gasteiger partial charge in [0.25, 0.3) is 0 Å². The highest BCUT2D eigenvalue weighted by atomic mass is 35.5. The summed E-state index contributed by atoms with van der Waals surface area (Å²) < 4.78 is 32.6. The third-order valence-electron chi connectivity index (χ3n) is 3.90. The lowest BCUT2D eigenvalue weighted by Crippen LogP contribution is -2.45. The molecule has 3 rings (SSSR count). The molecule has 2 bridgehead atoms. The number of nitrogens with two attached hydrogens (primary N) is 1. The van der Waals surface area contributed by atoms with Crippen LogP contribution in [0.15, 0.2) is 17.0 Å². The molecule has 0 aromatic heterocycles. The van der Waals surface area contributed by atoms with E-state index in [4.69, 9.17) is 22.1 Å². The van der Waals surface area contributed by atoms with Crippen molar-refractivity contribution in [2.24, 2.45) is 0 Å². The number of halogens is 1. The number of ether oxygens (including phenoxy) is 1. The van der Waals surface area contributed by atoms with Crippen LogP contribution in [0.4, 0.5) is 5.69 Å². The van der Waals surface area contributed by atoms with Gasteiger partial charge in [0.1, 0.15) is 0 Å². The summed E-state index contributed by atoms with van der Waals surface area (Å²) in [6.45, 7) is 2.58. The molecule has 1 aromatic carbocycles. The first-order chi connectivity index (χ1) is 9.38. The van der Waals surface area contributed by atoms with Gasteiger partial charge in [0.15, 0.2) is 0 Å². The van der Waals surface area contributed by atoms with Crippen LogP contribution in [0.5, 0.6) is 0 Å². The Balaban J connectivity index is 1.96. The summed E-state index contributed by atoms with van der Waals surface area (Å²) in [5.74, 6) is 0. The van der Waals surface area contributed by atoms with Gasteiger partial charge in [0.05, 0.1) is 27.8 Å². The Hall–Kier alpha value is -0.820. The zero-order chi connectivity index (χ0) is 14.5. The van der Waals surface area contributed by atoms with Gasteiger partial charge in [-0.1, -0.05) is 11.6 Å². The molecule has 5 nitrogen and oxygen atoms in total. The van der Waals surface area contributed by atoms with Crippen molar-refractivity contribution >= 4 is 27.3 Å². The minimum Gasteiger partial charge on any atom is -0.397 e. The van der Waals surface area contributed by atoms with Crippen LogP contribution in [0.2, 0.25) is 5.02 Å². The third kappa shape index (κ3) is 2.30. The molecular formula is C13H17ClN2O3S. The Labute approximate surface area is 123 Å². The first-order valence-corrected chi connectivity index (χ1v) is 8.41. The maximum atomic E-state index is 12.7. The molecule has 0 aliphatic carbocycles. The fourth-order valence-electron chi connectivity index (χ4n) is 2.83. The standard InChI is InChI=1S/C13H17ClN2O3S/c1-8-4-11(5-12(15)13(8)14)20(17,18)16-6-9-2-3-10(7-16)19-9/h4-5,9-10H,2-3,6-7,15H2,1H3. The molecule has 2 heterocycles. The van der Waals surface area contributed by atoms with E-state index in [0.717, 1.165) is 12.8 Å². The topological polar surface area (TPSA) is 72.6 Å². The summed E-state index contributed by atoms with van der Waals surface area (Å²) >= 11 is 5.99. The van der Waals surface area contributed by atoms with Crippen LogP contribution >= 0.6 is 11.6 Å². The molecule has 1 aromatic rings. The number of aryl methyl sites for hydroxylation is 1. The Morgan fingerprint density at radius 1 is 1.30 bits per heavy atom. The van der Waals surface area contributed by atoms with Crippen molar-refractivity contribution in [3.63, 3.8) is 0 Å². The lowest BCUT2D eigenvalue weighted by Gasteiger charge is -2.31. The zero-order valence-electron chi connectivity index (χ0n) is 11.2. The number of fused-ring (bicyclic) bond motifs is 2. The van der Waals surface area contributed by atoms with Gasteiger partial charge in [-0.15, -0.1) is 0 Å². The first-order valence-electron chi connectivity index (χ1n) is 6.59. The molecule has 2 saturated heterocycles. The second-order valence-corrected chi connectivity index (χ2v) is 7.74. The van der Waals surface area contributed by atoms with Crippen LogP contribution < -0.4 is 5.73 Å². The van der Waals surface area contributed by atoms with Crippen molar-refractivity contribution in [2.45, 2.75) is 36.9 Å². The summed E-state index contributed by atoms with van der Waals surface area (Å²) in [5, 5.41) is 0.408. The van der Waals surface area contributed by atoms with Crippen LogP contribution in [0, 0.1) is 6.92 Å². The van der Waals surface area contributed by atoms with E-state index in [1.165, 1.54) is 10.4 Å². The lowest BCUT2D eigenvalue weighted by molar-refractivity contribution is -0.0114. The van der Waals surface area contributed by atoms with E-state index in [0.29, 0.717) is 29.4 Å². The van der Waals surface area contributed by atoms with Crippen LogP contribution in [0.1, 0.15) is 18.4 Å². The Kier molecular flexibility index (Phi) is 3.44. The number of anilines is 1. The predicted molar refractivity (Wildman–Crippen MR) is 77.3 cm³/mol. The minimum absolute atomic E-state index is 0.0225. The molecular weight excluding hydrogens is 300 g/mol. The number of benzene rings is 1. The number of rotatable bonds is 2. The van der Waals surface area contributed by atoms with Gasteiger partial charge in [-0.05, 0) is 37.5 Å². The maximum absolute atomic E-state index is 12.7. The molecule has 2 N–H and O–H groups in total. The van der Waals surface area contributed by atoms with Gasteiger partial charge in [-0.2, -0.15) is 4.31 Å². The summed E-state index contributed by atoms with van der Waals surface area (Å²) in [6.07, 6.45) is 1.90. The van der Waals surface area contributed by atoms with Crippen LogP contribution in [0.25, 0.3) is 0 Å². The second-order valence-electron chi connectivity index (χ2n) is 5.42. The minimum atomic E-state index is -3.53. The summed E-state index contributed by atoms with van der Waals surface area (Å²) in [4.78, 5) is 0.207. The van der Waals surface area contributed by atoms with Crippen molar-refractivity contribution in [3.05, 3.63) is 22.7 Å². The number of hydrogen-bond acceptors (Lipinski definition) is 4. The van der Waals surface area contributed by atoms with Gasteiger partial charge in [-0.25, -0.2) is 8.42 Å². The molecule has 2 aliphatic rings. The number of nitrogens with zero attached hydrogens (tertiary/aromatic N) is 1. The molecule has 2 atom stereocenters. The normalized spacial score (nSPS) is 26.9. The zero-order valence-corrected chi connectivity index (χ0v) is 12.7. The van der Waals surface area contributed by atoms with E-state index in [2.05, 4.69) is 0 Å². The second kappa shape index (κ2) is 4.87. The van der Waals surface area contributed by atoms with Gasteiger partial charge in [0.2, 0.25) is 10.0 Å². The Morgan fingerprint density at radius 2 is 1.90 bits per heavy atom. The molecule has 7 heteroatoms. The average molecular weight is 317 g/mol. The molecule has 0 saturated carbocycles. The van der Waals surface area contributed by atoms with Crippen molar-refractivity contribution in [3.8, 4) is 0 Å². The molecule has 2 aliphatic heterocycles. The van der Waals surface area contributed by atoms with Crippen LogP contribution in [-0.4, -0.2) is 38.0 Å². The fourth-order valence-corrected chi connectivity index (χ4v) is 4.57. The van der Waals surface area contributed by atoms with E-state index in [9.17, 15) is 8.42 Å². The smallest absolute Gasteiger partial charge is 0.243 e. The summed E-state index contributed by atoms with van der Waals surface area (Å²) in [6, 6.07) is 3.01. The molecule has 2 fully saturated rings. The summed E-state index contributed by atoms with van der Waals surface area (Å²) in [5.41, 5.74) is 6.74. The highest BCUT2D eigenvalue weighted by Gasteiger charge is 2.39. The van der Waals surface area contributed by atoms with Gasteiger partial charge in [0, 0.05) is 13.1 Å². The highest BCUT2D eigenvalue weighted by Crippen LogP contribution is 2.32. The van der Waals surface area contributed by atoms with E-state index < -0.39 is 10.0 Å². The molecule has 0 spiro atoms. The predicted octanol–water partition coefficient (Wildman–Crippen LogP) is 1.78. The molecule has 20 heavy (non-hydrogen) atoms. The average Bonchev–Trinajstić information content (AvgIpc) is 2.73. The maximum Gasteiger partial charge on any atom is 0.243 e. The number of hydrogen-bond donors (Lipinski definition) is 1. The van der Waals surface area contributed by atoms with Gasteiger partial charge >= 0.3 is 0 Å². The molecule has 2 unspecified atom stereocenters. The highest BCUT2D eigenvalue weighted by molar-refractivity contribution is 7.89. The SMILES string of the molecule is Cc1cc(S(=O)(=O)N2CC3CCC(C2)O3)cc(N)c1Cl. The molecule has 0 radical (unpaired) electrons. The number of nitrogen functional groups attached to an aromatic ring is 1. The third-order valence-corrected chi connectivity index (χ3v) is 6.23. The van der Waals surface area contributed by atoms with E-state index in [1.807, 2.05) is 0 Å². The van der Waals surface area contributed by atoms with Crippen molar-refractivity contribution in [1.29, 1.82) is 0 Å². The number of sulfonamides is 1. The quantitative estimate of drug-likeness (QED) is 0.844. The van der Waals surface area contributed by atoms with E-state index >= 15 is 0 Å². The lowest BCUT2D eigenvalue weighted by atomic mass is 10.2. The van der Waals surface area contributed by atoms with E-state index in [1.54, 1.807) is 13.0 Å². The fraction of sp³-hybridized carbons (Fsp3) is 0.538. The van der Waals surface area contributed by atoms with Crippen LogP contribution in [-0.2, 0) is 14.8 Å². The van der Waals surface area contributed by atoms with Crippen molar-refractivity contribution in [2.75, 3.05) is 18.8 Å². The molecule has 0 amide bonds.